The zero-order chi connectivity index (χ0) is 13.2. The molecule has 1 aromatic rings. The fourth-order valence-electron chi connectivity index (χ4n) is 1.09. The van der Waals surface area contributed by atoms with Gasteiger partial charge in [-0.3, -0.25) is 4.18 Å². The Bertz CT molecular complexity index is 546. The van der Waals surface area contributed by atoms with Crippen LogP contribution in [0.25, 0.3) is 0 Å². The fraction of sp³-hybridized carbons (Fsp3) is 0.111. The number of aromatic carboxylic acids is 2. The van der Waals surface area contributed by atoms with E-state index >= 15 is 0 Å². The van der Waals surface area contributed by atoms with E-state index in [1.807, 2.05) is 0 Å². The molecule has 7 nitrogen and oxygen atoms in total. The van der Waals surface area contributed by atoms with Gasteiger partial charge in [0.2, 0.25) is 0 Å². The van der Waals surface area contributed by atoms with E-state index in [2.05, 4.69) is 4.18 Å². The van der Waals surface area contributed by atoms with E-state index < -0.39 is 38.1 Å². The van der Waals surface area contributed by atoms with Gasteiger partial charge in [0, 0.05) is 0 Å². The van der Waals surface area contributed by atoms with Crippen LogP contribution in [0.15, 0.2) is 23.1 Å². The zero-order valence-corrected chi connectivity index (χ0v) is 9.39. The van der Waals surface area contributed by atoms with Crippen molar-refractivity contribution < 1.29 is 32.4 Å². The van der Waals surface area contributed by atoms with Crippen molar-refractivity contribution in [3.05, 3.63) is 29.3 Å². The second kappa shape index (κ2) is 6.30. The van der Waals surface area contributed by atoms with Gasteiger partial charge in [0.15, 0.2) is 0 Å². The first kappa shape index (κ1) is 17.1. The standard InChI is InChI=1S/C9H8O7S.Na.H/c1-16-17(14,15)7-3-5(8(10)11)2-6(4-7)9(12)13;;/h2-4H,1H3,(H,10,11)(H,12,13);;. The van der Waals surface area contributed by atoms with E-state index in [1.165, 1.54) is 0 Å². The quantitative estimate of drug-likeness (QED) is 0.579. The number of hydrogen-bond donors (Lipinski definition) is 2. The van der Waals surface area contributed by atoms with Crippen LogP contribution in [0.5, 0.6) is 0 Å². The second-order valence-electron chi connectivity index (χ2n) is 2.98. The van der Waals surface area contributed by atoms with Gasteiger partial charge in [-0.15, -0.1) is 0 Å². The maximum absolute atomic E-state index is 11.3. The third kappa shape index (κ3) is 3.79. The Kier molecular flexibility index (Phi) is 5.97. The fourth-order valence-corrected chi connectivity index (χ4v) is 1.82. The molecule has 0 aliphatic rings. The third-order valence-electron chi connectivity index (χ3n) is 1.91. The Balaban J connectivity index is 0.00000289. The zero-order valence-electron chi connectivity index (χ0n) is 8.58. The van der Waals surface area contributed by atoms with Gasteiger partial charge in [-0.05, 0) is 18.2 Å². The molecule has 0 bridgehead atoms. The number of hydrogen-bond acceptors (Lipinski definition) is 5. The van der Waals surface area contributed by atoms with E-state index in [-0.39, 0.29) is 29.6 Å². The van der Waals surface area contributed by atoms with Gasteiger partial charge in [-0.1, -0.05) is 0 Å². The minimum absolute atomic E-state index is 0. The second-order valence-corrected chi connectivity index (χ2v) is 4.69. The predicted molar refractivity (Wildman–Crippen MR) is 61.7 cm³/mol. The summed E-state index contributed by atoms with van der Waals surface area (Å²) in [5.74, 6) is -2.86. The van der Waals surface area contributed by atoms with Gasteiger partial charge >= 0.3 is 41.5 Å². The molecule has 0 unspecified atom stereocenters. The summed E-state index contributed by atoms with van der Waals surface area (Å²) < 4.78 is 26.9. The van der Waals surface area contributed by atoms with Crippen molar-refractivity contribution in [2.75, 3.05) is 7.11 Å². The third-order valence-corrected chi connectivity index (χ3v) is 3.16. The van der Waals surface area contributed by atoms with E-state index in [9.17, 15) is 18.0 Å². The molecular formula is C9H9NaO7S. The molecule has 0 saturated heterocycles. The van der Waals surface area contributed by atoms with Crippen LogP contribution in [0, 0.1) is 0 Å². The first-order chi connectivity index (χ1) is 7.77. The molecule has 9 heteroatoms. The van der Waals surface area contributed by atoms with Gasteiger partial charge in [-0.25, -0.2) is 9.59 Å². The van der Waals surface area contributed by atoms with Gasteiger partial charge in [-0.2, -0.15) is 8.42 Å². The number of carbonyl (C=O) groups is 2. The van der Waals surface area contributed by atoms with Crippen LogP contribution in [-0.4, -0.2) is 67.2 Å². The van der Waals surface area contributed by atoms with Crippen LogP contribution < -0.4 is 0 Å². The van der Waals surface area contributed by atoms with Crippen LogP contribution in [0.2, 0.25) is 0 Å². The summed E-state index contributed by atoms with van der Waals surface area (Å²) in [5.41, 5.74) is -0.888. The molecule has 0 heterocycles. The summed E-state index contributed by atoms with van der Waals surface area (Å²) in [6.45, 7) is 0. The van der Waals surface area contributed by atoms with Crippen molar-refractivity contribution in [3.63, 3.8) is 0 Å². The van der Waals surface area contributed by atoms with E-state index in [4.69, 9.17) is 10.2 Å². The molecule has 0 saturated carbocycles. The molecule has 0 aliphatic heterocycles. The Morgan fingerprint density at radius 2 is 1.44 bits per heavy atom. The van der Waals surface area contributed by atoms with Crippen LogP contribution in [0.1, 0.15) is 20.7 Å². The van der Waals surface area contributed by atoms with Crippen LogP contribution >= 0.6 is 0 Å². The van der Waals surface area contributed by atoms with Crippen LogP contribution in [-0.2, 0) is 14.3 Å². The molecule has 1 aromatic carbocycles. The molecule has 0 atom stereocenters. The van der Waals surface area contributed by atoms with Crippen LogP contribution in [0.3, 0.4) is 0 Å². The van der Waals surface area contributed by atoms with Crippen molar-refractivity contribution in [3.8, 4) is 0 Å². The van der Waals surface area contributed by atoms with Crippen LogP contribution in [0.4, 0.5) is 0 Å². The van der Waals surface area contributed by atoms with Gasteiger partial charge in [0.1, 0.15) is 0 Å². The molecule has 18 heavy (non-hydrogen) atoms. The number of carboxylic acid groups (broad SMARTS) is 2. The van der Waals surface area contributed by atoms with Gasteiger partial charge < -0.3 is 10.2 Å². The minimum atomic E-state index is -4.14. The monoisotopic (exact) mass is 284 g/mol. The van der Waals surface area contributed by atoms with Crippen molar-refractivity contribution in [2.24, 2.45) is 0 Å². The molecule has 94 valence electrons. The molecule has 0 aromatic heterocycles. The molecule has 2 N–H and O–H groups in total. The Morgan fingerprint density at radius 3 is 1.72 bits per heavy atom. The maximum atomic E-state index is 11.3. The van der Waals surface area contributed by atoms with E-state index in [0.717, 1.165) is 25.3 Å². The Morgan fingerprint density at radius 1 is 1.06 bits per heavy atom. The van der Waals surface area contributed by atoms with Crippen molar-refractivity contribution in [1.82, 2.24) is 0 Å². The van der Waals surface area contributed by atoms with Crippen molar-refractivity contribution >= 4 is 51.6 Å². The summed E-state index contributed by atoms with van der Waals surface area (Å²) in [7, 11) is -3.24. The average Bonchev–Trinajstić information content (AvgIpc) is 2.28. The van der Waals surface area contributed by atoms with Crippen molar-refractivity contribution in [2.45, 2.75) is 4.90 Å². The summed E-state index contributed by atoms with van der Waals surface area (Å²) >= 11 is 0. The van der Waals surface area contributed by atoms with E-state index in [0.29, 0.717) is 0 Å². The summed E-state index contributed by atoms with van der Waals surface area (Å²) in [4.78, 5) is 20.9. The normalized spacial score (nSPS) is 10.5. The summed E-state index contributed by atoms with van der Waals surface area (Å²) in [5, 5.41) is 17.5. The predicted octanol–water partition coefficient (Wildman–Crippen LogP) is -0.230. The summed E-state index contributed by atoms with van der Waals surface area (Å²) in [6.07, 6.45) is 0. The average molecular weight is 284 g/mol. The molecule has 0 amide bonds. The number of carboxylic acids is 2. The molecule has 1 rings (SSSR count). The topological polar surface area (TPSA) is 118 Å². The Labute approximate surface area is 125 Å². The molecule has 0 spiro atoms. The van der Waals surface area contributed by atoms with E-state index in [1.54, 1.807) is 0 Å². The first-order valence-corrected chi connectivity index (χ1v) is 5.61. The number of rotatable bonds is 4. The molecule has 0 fully saturated rings. The molecule has 0 aliphatic carbocycles. The molecule has 0 radical (unpaired) electrons. The Hall–Kier alpha value is -0.930. The first-order valence-electron chi connectivity index (χ1n) is 4.20. The van der Waals surface area contributed by atoms with Crippen molar-refractivity contribution in [1.29, 1.82) is 0 Å². The number of benzene rings is 1. The van der Waals surface area contributed by atoms with Gasteiger partial charge in [0.05, 0.1) is 23.1 Å². The summed E-state index contributed by atoms with van der Waals surface area (Å²) in [6, 6.07) is 2.51. The molecular weight excluding hydrogens is 275 g/mol. The SMILES string of the molecule is COS(=O)(=O)c1cc(C(=O)O)cc(C(=O)O)c1.[NaH]. The van der Waals surface area contributed by atoms with Gasteiger partial charge in [0.25, 0.3) is 10.1 Å².